The Kier molecular flexibility index (Phi) is 5.29. The number of nitriles is 1. The minimum Gasteiger partial charge on any atom is -0.355 e. The molecule has 0 aliphatic rings. The maximum atomic E-state index is 10.7. The van der Waals surface area contributed by atoms with E-state index < -0.39 is 9.85 Å². The Morgan fingerprint density at radius 2 is 1.40 bits per heavy atom. The topological polar surface area (TPSA) is 159 Å². The molecule has 0 saturated carbocycles. The van der Waals surface area contributed by atoms with Crippen LogP contribution in [-0.2, 0) is 0 Å². The van der Waals surface area contributed by atoms with Gasteiger partial charge in [0.05, 0.1) is 15.4 Å². The number of aromatic nitrogens is 2. The van der Waals surface area contributed by atoms with Gasteiger partial charge in [0.2, 0.25) is 0 Å². The van der Waals surface area contributed by atoms with E-state index in [0.717, 1.165) is 11.1 Å². The first-order chi connectivity index (χ1) is 14.3. The molecule has 10 heteroatoms. The van der Waals surface area contributed by atoms with E-state index in [0.29, 0.717) is 39.2 Å². The molecule has 150 valence electrons. The molecule has 0 bridgehead atoms. The number of hydrogen-bond donors (Lipinski definition) is 2. The third kappa shape index (κ3) is 3.35. The Bertz CT molecular complexity index is 1360. The average Bonchev–Trinajstić information content (AvgIpc) is 3.33. The van der Waals surface area contributed by atoms with Crippen molar-refractivity contribution in [1.82, 2.24) is 9.97 Å². The van der Waals surface area contributed by atoms with Crippen LogP contribution in [0.15, 0.2) is 36.7 Å². The van der Waals surface area contributed by atoms with E-state index in [1.807, 2.05) is 19.9 Å². The van der Waals surface area contributed by atoms with Crippen LogP contribution < -0.4 is 0 Å². The number of aryl methyl sites for hydroxylation is 2. The number of aromatic amines is 2. The van der Waals surface area contributed by atoms with Crippen molar-refractivity contribution in [3.05, 3.63) is 79.1 Å². The van der Waals surface area contributed by atoms with Crippen LogP contribution in [0.1, 0.15) is 27.0 Å². The second-order valence-corrected chi connectivity index (χ2v) is 6.49. The van der Waals surface area contributed by atoms with Crippen LogP contribution in [0.3, 0.4) is 0 Å². The number of benzene rings is 2. The lowest BCUT2D eigenvalue weighted by Gasteiger charge is -1.98. The monoisotopic (exact) mass is 405 g/mol. The van der Waals surface area contributed by atoms with Gasteiger partial charge in [0.25, 0.3) is 11.4 Å². The highest BCUT2D eigenvalue weighted by atomic mass is 16.6. The second kappa shape index (κ2) is 7.84. The molecule has 2 aromatic carbocycles. The number of aldehydes is 1. The van der Waals surface area contributed by atoms with Crippen LogP contribution in [0.25, 0.3) is 21.8 Å². The Balaban J connectivity index is 0.000000171. The summed E-state index contributed by atoms with van der Waals surface area (Å²) in [7, 11) is 0. The summed E-state index contributed by atoms with van der Waals surface area (Å²) in [5, 5.41) is 31.5. The molecule has 0 atom stereocenters. The number of nitro groups is 2. The third-order valence-corrected chi connectivity index (χ3v) is 4.72. The molecule has 4 rings (SSSR count). The van der Waals surface area contributed by atoms with Crippen LogP contribution >= 0.6 is 0 Å². The molecular weight excluding hydrogens is 390 g/mol. The molecule has 4 aromatic rings. The van der Waals surface area contributed by atoms with E-state index in [1.165, 1.54) is 24.5 Å². The van der Waals surface area contributed by atoms with Crippen LogP contribution in [-0.4, -0.2) is 26.1 Å². The molecule has 0 amide bonds. The second-order valence-electron chi connectivity index (χ2n) is 6.49. The zero-order chi connectivity index (χ0) is 22.0. The van der Waals surface area contributed by atoms with Gasteiger partial charge in [-0.25, -0.2) is 0 Å². The first kappa shape index (κ1) is 20.2. The number of carbonyl (C=O) groups excluding carboxylic acids is 1. The summed E-state index contributed by atoms with van der Waals surface area (Å²) in [6, 6.07) is 8.16. The SMILES string of the molecule is Cc1ccc([N+](=O)[O-])c2[nH]cc(C#N)c12.Cc1ccc([N+](=O)[O-])c2[nH]cc(C=O)c12. The highest BCUT2D eigenvalue weighted by molar-refractivity contribution is 6.02. The summed E-state index contributed by atoms with van der Waals surface area (Å²) < 4.78 is 0. The third-order valence-electron chi connectivity index (χ3n) is 4.72. The molecule has 30 heavy (non-hydrogen) atoms. The first-order valence-corrected chi connectivity index (χ1v) is 8.65. The summed E-state index contributed by atoms with van der Waals surface area (Å²) in [6.45, 7) is 3.63. The van der Waals surface area contributed by atoms with Crippen LogP contribution in [0, 0.1) is 45.4 Å². The van der Waals surface area contributed by atoms with Crippen LogP contribution in [0.5, 0.6) is 0 Å². The Morgan fingerprint density at radius 3 is 1.90 bits per heavy atom. The molecular formula is C20H15N5O5. The van der Waals surface area contributed by atoms with E-state index >= 15 is 0 Å². The number of non-ortho nitro benzene ring substituents is 2. The van der Waals surface area contributed by atoms with Crippen molar-refractivity contribution in [3.63, 3.8) is 0 Å². The van der Waals surface area contributed by atoms with E-state index in [4.69, 9.17) is 5.26 Å². The lowest BCUT2D eigenvalue weighted by atomic mass is 10.1. The predicted molar refractivity (Wildman–Crippen MR) is 109 cm³/mol. The quantitative estimate of drug-likeness (QED) is 0.291. The zero-order valence-electron chi connectivity index (χ0n) is 15.9. The van der Waals surface area contributed by atoms with Gasteiger partial charge in [-0.3, -0.25) is 25.0 Å². The maximum absolute atomic E-state index is 10.7. The summed E-state index contributed by atoms with van der Waals surface area (Å²) in [5.74, 6) is 0. The van der Waals surface area contributed by atoms with Gasteiger partial charge in [-0.2, -0.15) is 5.26 Å². The van der Waals surface area contributed by atoms with Gasteiger partial charge >= 0.3 is 0 Å². The minimum atomic E-state index is -0.465. The molecule has 0 saturated heterocycles. The minimum absolute atomic E-state index is 0.00269. The first-order valence-electron chi connectivity index (χ1n) is 8.65. The average molecular weight is 405 g/mol. The molecule has 0 aliphatic heterocycles. The van der Waals surface area contributed by atoms with Crippen LogP contribution in [0.2, 0.25) is 0 Å². The van der Waals surface area contributed by atoms with Gasteiger partial charge in [-0.15, -0.1) is 0 Å². The fraction of sp³-hybridized carbons (Fsp3) is 0.100. The summed E-state index contributed by atoms with van der Waals surface area (Å²) in [4.78, 5) is 36.8. The predicted octanol–water partition coefficient (Wildman–Crippen LogP) is 4.45. The van der Waals surface area contributed by atoms with E-state index in [2.05, 4.69) is 9.97 Å². The van der Waals surface area contributed by atoms with E-state index in [9.17, 15) is 25.0 Å². The van der Waals surface area contributed by atoms with Crippen LogP contribution in [0.4, 0.5) is 11.4 Å². The molecule has 10 nitrogen and oxygen atoms in total. The van der Waals surface area contributed by atoms with Gasteiger partial charge < -0.3 is 9.97 Å². The molecule has 0 aliphatic carbocycles. The van der Waals surface area contributed by atoms with Crippen molar-refractivity contribution in [3.8, 4) is 6.07 Å². The van der Waals surface area contributed by atoms with Crippen molar-refractivity contribution >= 4 is 39.5 Å². The van der Waals surface area contributed by atoms with Crippen molar-refractivity contribution in [2.24, 2.45) is 0 Å². The van der Waals surface area contributed by atoms with Crippen molar-refractivity contribution < 1.29 is 14.6 Å². The summed E-state index contributed by atoms with van der Waals surface area (Å²) in [6.07, 6.45) is 3.66. The molecule has 2 heterocycles. The number of nitro benzene ring substituents is 2. The van der Waals surface area contributed by atoms with Crippen molar-refractivity contribution in [2.75, 3.05) is 0 Å². The molecule has 0 unspecified atom stereocenters. The highest BCUT2D eigenvalue weighted by Crippen LogP contribution is 2.30. The number of hydrogen-bond acceptors (Lipinski definition) is 6. The lowest BCUT2D eigenvalue weighted by Crippen LogP contribution is -1.90. The number of carbonyl (C=O) groups is 1. The highest BCUT2D eigenvalue weighted by Gasteiger charge is 2.17. The molecule has 0 spiro atoms. The van der Waals surface area contributed by atoms with Gasteiger partial charge in [-0.05, 0) is 25.0 Å². The lowest BCUT2D eigenvalue weighted by molar-refractivity contribution is -0.383. The van der Waals surface area contributed by atoms with Gasteiger partial charge in [0, 0.05) is 40.9 Å². The Morgan fingerprint density at radius 1 is 0.900 bits per heavy atom. The molecule has 0 fully saturated rings. The zero-order valence-corrected chi connectivity index (χ0v) is 15.9. The van der Waals surface area contributed by atoms with E-state index in [-0.39, 0.29) is 11.4 Å². The fourth-order valence-electron chi connectivity index (χ4n) is 3.33. The fourth-order valence-corrected chi connectivity index (χ4v) is 3.33. The standard InChI is InChI=1S/C10H7N3O2.C10H8N2O3/c1-6-2-3-8(13(14)15)10-9(6)7(4-11)5-12-10;1-6-2-3-8(12(14)15)10-9(6)7(5-13)4-11-10/h2-3,5,12H,1H3;2-5,11H,1H3. The smallest absolute Gasteiger partial charge is 0.293 e. The van der Waals surface area contributed by atoms with Crippen molar-refractivity contribution in [2.45, 2.75) is 13.8 Å². The Hall–Kier alpha value is -4.52. The number of rotatable bonds is 3. The van der Waals surface area contributed by atoms with Gasteiger partial charge in [-0.1, -0.05) is 12.1 Å². The van der Waals surface area contributed by atoms with Gasteiger partial charge in [0.1, 0.15) is 17.1 Å². The largest absolute Gasteiger partial charge is 0.355 e. The molecule has 2 aromatic heterocycles. The van der Waals surface area contributed by atoms with E-state index in [1.54, 1.807) is 12.1 Å². The molecule has 2 N–H and O–H groups in total. The number of fused-ring (bicyclic) bond motifs is 2. The number of nitrogens with zero attached hydrogens (tertiary/aromatic N) is 3. The van der Waals surface area contributed by atoms with Crippen molar-refractivity contribution in [1.29, 1.82) is 5.26 Å². The normalized spacial score (nSPS) is 10.3. The Labute approximate surface area is 169 Å². The number of nitrogens with one attached hydrogen (secondary N) is 2. The maximum Gasteiger partial charge on any atom is 0.293 e. The number of H-pyrrole nitrogens is 2. The summed E-state index contributed by atoms with van der Waals surface area (Å²) >= 11 is 0. The molecule has 0 radical (unpaired) electrons. The summed E-state index contributed by atoms with van der Waals surface area (Å²) in [5.41, 5.74) is 3.39. The van der Waals surface area contributed by atoms with Gasteiger partial charge in [0.15, 0.2) is 6.29 Å².